The van der Waals surface area contributed by atoms with Crippen LogP contribution in [0.5, 0.6) is 5.75 Å². The van der Waals surface area contributed by atoms with Crippen LogP contribution in [0.25, 0.3) is 0 Å². The van der Waals surface area contributed by atoms with Crippen LogP contribution in [0.15, 0.2) is 24.3 Å². The highest BCUT2D eigenvalue weighted by Gasteiger charge is 2.29. The molecule has 0 radical (unpaired) electrons. The third-order valence-electron chi connectivity index (χ3n) is 4.25. The number of benzene rings is 1. The number of piperazine rings is 1. The molecule has 1 amide bonds. The molecular formula is C16H25N3O2. The molecule has 1 aromatic carbocycles. The van der Waals surface area contributed by atoms with Gasteiger partial charge in [0.2, 0.25) is 5.91 Å². The van der Waals surface area contributed by atoms with Crippen LogP contribution >= 0.6 is 0 Å². The second-order valence-corrected chi connectivity index (χ2v) is 6.23. The van der Waals surface area contributed by atoms with Crippen molar-refractivity contribution in [1.82, 2.24) is 9.80 Å². The molecule has 1 heterocycles. The van der Waals surface area contributed by atoms with Crippen molar-refractivity contribution in [3.05, 3.63) is 29.8 Å². The Hall–Kier alpha value is -1.59. The third kappa shape index (κ3) is 3.95. The first-order valence-electron chi connectivity index (χ1n) is 7.43. The standard InChI is InChI=1S/C16H25N3O2/c1-16(2,12-17)19-8-6-18(7-9-19)15(21)11-13-4-3-5-14(20)10-13/h3-5,10,20H,6-9,11-12,17H2,1-2H3. The first-order valence-corrected chi connectivity index (χ1v) is 7.43. The van der Waals surface area contributed by atoms with E-state index < -0.39 is 0 Å². The maximum atomic E-state index is 12.3. The lowest BCUT2D eigenvalue weighted by atomic mass is 10.0. The van der Waals surface area contributed by atoms with Gasteiger partial charge in [-0.3, -0.25) is 9.69 Å². The average Bonchev–Trinajstić information content (AvgIpc) is 2.47. The lowest BCUT2D eigenvalue weighted by Gasteiger charge is -2.43. The van der Waals surface area contributed by atoms with Crippen LogP contribution in [0.4, 0.5) is 0 Å². The van der Waals surface area contributed by atoms with Crippen molar-refractivity contribution in [2.24, 2.45) is 5.73 Å². The van der Waals surface area contributed by atoms with Crippen molar-refractivity contribution in [1.29, 1.82) is 0 Å². The molecule has 1 fully saturated rings. The third-order valence-corrected chi connectivity index (χ3v) is 4.25. The summed E-state index contributed by atoms with van der Waals surface area (Å²) >= 11 is 0. The van der Waals surface area contributed by atoms with E-state index in [0.29, 0.717) is 13.0 Å². The molecule has 116 valence electrons. The molecule has 0 bridgehead atoms. The van der Waals surface area contributed by atoms with Gasteiger partial charge in [-0.25, -0.2) is 0 Å². The molecule has 1 aliphatic heterocycles. The maximum absolute atomic E-state index is 12.3. The molecule has 0 atom stereocenters. The van der Waals surface area contributed by atoms with Crippen molar-refractivity contribution < 1.29 is 9.90 Å². The van der Waals surface area contributed by atoms with Crippen LogP contribution in [0, 0.1) is 0 Å². The van der Waals surface area contributed by atoms with E-state index >= 15 is 0 Å². The zero-order chi connectivity index (χ0) is 15.5. The predicted molar refractivity (Wildman–Crippen MR) is 83.1 cm³/mol. The minimum atomic E-state index is -0.0135. The van der Waals surface area contributed by atoms with Crippen LogP contribution in [-0.4, -0.2) is 59.1 Å². The van der Waals surface area contributed by atoms with Gasteiger partial charge in [-0.05, 0) is 31.5 Å². The fourth-order valence-corrected chi connectivity index (χ4v) is 2.64. The summed E-state index contributed by atoms with van der Waals surface area (Å²) in [7, 11) is 0. The summed E-state index contributed by atoms with van der Waals surface area (Å²) < 4.78 is 0. The van der Waals surface area contributed by atoms with Crippen LogP contribution in [0.1, 0.15) is 19.4 Å². The molecule has 0 spiro atoms. The van der Waals surface area contributed by atoms with Gasteiger partial charge in [0, 0.05) is 38.3 Å². The van der Waals surface area contributed by atoms with Crippen molar-refractivity contribution in [2.75, 3.05) is 32.7 Å². The molecule has 5 nitrogen and oxygen atoms in total. The molecule has 0 saturated carbocycles. The Labute approximate surface area is 126 Å². The summed E-state index contributed by atoms with van der Waals surface area (Å²) in [6.07, 6.45) is 0.342. The van der Waals surface area contributed by atoms with Crippen LogP contribution in [0.2, 0.25) is 0 Å². The Morgan fingerprint density at radius 1 is 1.29 bits per heavy atom. The Balaban J connectivity index is 1.89. The molecule has 21 heavy (non-hydrogen) atoms. The molecule has 0 unspecified atom stereocenters. The normalized spacial score (nSPS) is 17.0. The fourth-order valence-electron chi connectivity index (χ4n) is 2.64. The van der Waals surface area contributed by atoms with Gasteiger partial charge >= 0.3 is 0 Å². The summed E-state index contributed by atoms with van der Waals surface area (Å²) in [5, 5.41) is 9.44. The number of hydrogen-bond acceptors (Lipinski definition) is 4. The number of rotatable bonds is 4. The molecule has 0 aromatic heterocycles. The summed E-state index contributed by atoms with van der Waals surface area (Å²) in [6, 6.07) is 6.89. The van der Waals surface area contributed by atoms with Crippen LogP contribution < -0.4 is 5.73 Å². The van der Waals surface area contributed by atoms with Crippen molar-refractivity contribution in [3.63, 3.8) is 0 Å². The van der Waals surface area contributed by atoms with Gasteiger partial charge < -0.3 is 15.7 Å². The summed E-state index contributed by atoms with van der Waals surface area (Å²) in [4.78, 5) is 16.5. The summed E-state index contributed by atoms with van der Waals surface area (Å²) in [5.41, 5.74) is 6.64. The van der Waals surface area contributed by atoms with Gasteiger partial charge in [0.05, 0.1) is 6.42 Å². The summed E-state index contributed by atoms with van der Waals surface area (Å²) in [6.45, 7) is 8.08. The van der Waals surface area contributed by atoms with Gasteiger partial charge in [-0.1, -0.05) is 12.1 Å². The molecule has 0 aliphatic carbocycles. The minimum absolute atomic E-state index is 0.0135. The number of nitrogens with two attached hydrogens (primary N) is 1. The number of aromatic hydroxyl groups is 1. The smallest absolute Gasteiger partial charge is 0.227 e. The van der Waals surface area contributed by atoms with Gasteiger partial charge in [-0.2, -0.15) is 0 Å². The highest BCUT2D eigenvalue weighted by atomic mass is 16.3. The molecule has 3 N–H and O–H groups in total. The second-order valence-electron chi connectivity index (χ2n) is 6.23. The molecule has 1 aromatic rings. The number of nitrogens with zero attached hydrogens (tertiary/aromatic N) is 2. The topological polar surface area (TPSA) is 69.8 Å². The number of amides is 1. The molecule has 1 saturated heterocycles. The van der Waals surface area contributed by atoms with E-state index in [4.69, 9.17) is 5.73 Å². The first kappa shape index (κ1) is 15.8. The van der Waals surface area contributed by atoms with Crippen molar-refractivity contribution in [3.8, 4) is 5.75 Å². The Morgan fingerprint density at radius 2 is 1.95 bits per heavy atom. The van der Waals surface area contributed by atoms with E-state index in [0.717, 1.165) is 31.7 Å². The Morgan fingerprint density at radius 3 is 2.52 bits per heavy atom. The van der Waals surface area contributed by atoms with E-state index in [1.54, 1.807) is 18.2 Å². The summed E-state index contributed by atoms with van der Waals surface area (Å²) in [5.74, 6) is 0.320. The monoisotopic (exact) mass is 291 g/mol. The highest BCUT2D eigenvalue weighted by molar-refractivity contribution is 5.79. The van der Waals surface area contributed by atoms with Crippen molar-refractivity contribution in [2.45, 2.75) is 25.8 Å². The average molecular weight is 291 g/mol. The van der Waals surface area contributed by atoms with Gasteiger partial charge in [0.1, 0.15) is 5.75 Å². The SMILES string of the molecule is CC(C)(CN)N1CCN(C(=O)Cc2cccc(O)c2)CC1. The Bertz CT molecular complexity index is 494. The number of carbonyl (C=O) groups is 1. The zero-order valence-electron chi connectivity index (χ0n) is 12.9. The lowest BCUT2D eigenvalue weighted by molar-refractivity contribution is -0.133. The van der Waals surface area contributed by atoms with Crippen LogP contribution in [0.3, 0.4) is 0 Å². The number of phenols is 1. The molecule has 5 heteroatoms. The largest absolute Gasteiger partial charge is 0.508 e. The van der Waals surface area contributed by atoms with Gasteiger partial charge in [0.25, 0.3) is 0 Å². The fraction of sp³-hybridized carbons (Fsp3) is 0.562. The van der Waals surface area contributed by atoms with Crippen LogP contribution in [-0.2, 0) is 11.2 Å². The van der Waals surface area contributed by atoms with E-state index in [2.05, 4.69) is 18.7 Å². The van der Waals surface area contributed by atoms with E-state index in [1.807, 2.05) is 11.0 Å². The first-order chi connectivity index (χ1) is 9.92. The Kier molecular flexibility index (Phi) is 4.85. The van der Waals surface area contributed by atoms with E-state index in [-0.39, 0.29) is 17.2 Å². The second kappa shape index (κ2) is 6.45. The predicted octanol–water partition coefficient (Wildman–Crippen LogP) is 0.816. The number of carbonyl (C=O) groups excluding carboxylic acids is 1. The maximum Gasteiger partial charge on any atom is 0.227 e. The van der Waals surface area contributed by atoms with Crippen molar-refractivity contribution >= 4 is 5.91 Å². The quantitative estimate of drug-likeness (QED) is 0.861. The lowest BCUT2D eigenvalue weighted by Crippen LogP contribution is -2.58. The minimum Gasteiger partial charge on any atom is -0.508 e. The van der Waals surface area contributed by atoms with E-state index in [1.165, 1.54) is 0 Å². The van der Waals surface area contributed by atoms with Gasteiger partial charge in [0.15, 0.2) is 0 Å². The number of hydrogen-bond donors (Lipinski definition) is 2. The molecular weight excluding hydrogens is 266 g/mol. The molecule has 2 rings (SSSR count). The zero-order valence-corrected chi connectivity index (χ0v) is 12.9. The molecule has 1 aliphatic rings. The van der Waals surface area contributed by atoms with E-state index in [9.17, 15) is 9.90 Å². The number of phenolic OH excluding ortho intramolecular Hbond substituents is 1. The highest BCUT2D eigenvalue weighted by Crippen LogP contribution is 2.17. The van der Waals surface area contributed by atoms with Gasteiger partial charge in [-0.15, -0.1) is 0 Å².